The van der Waals surface area contributed by atoms with Crippen LogP contribution in [0.4, 0.5) is 5.13 Å². The van der Waals surface area contributed by atoms with Gasteiger partial charge in [-0.15, -0.1) is 11.3 Å². The quantitative estimate of drug-likeness (QED) is 0.448. The SMILES string of the molecule is Cc1ccc(-n2nc(C)c3sc(N4CCCN(C(=O)c5sccc5C)CC4)nc32)cc1. The van der Waals surface area contributed by atoms with Gasteiger partial charge in [-0.05, 0) is 56.3 Å². The van der Waals surface area contributed by atoms with Crippen LogP contribution in [0.15, 0.2) is 35.7 Å². The maximum atomic E-state index is 12.9. The van der Waals surface area contributed by atoms with Crippen LogP contribution in [0, 0.1) is 20.8 Å². The Labute approximate surface area is 189 Å². The highest BCUT2D eigenvalue weighted by atomic mass is 32.1. The molecule has 6 nitrogen and oxygen atoms in total. The fraction of sp³-hybridized carbons (Fsp3) is 0.348. The van der Waals surface area contributed by atoms with Crippen LogP contribution in [0.3, 0.4) is 0 Å². The summed E-state index contributed by atoms with van der Waals surface area (Å²) >= 11 is 3.23. The summed E-state index contributed by atoms with van der Waals surface area (Å²) in [5.74, 6) is 0.157. The summed E-state index contributed by atoms with van der Waals surface area (Å²) in [6, 6.07) is 10.4. The van der Waals surface area contributed by atoms with E-state index < -0.39 is 0 Å². The van der Waals surface area contributed by atoms with Gasteiger partial charge in [0.1, 0.15) is 0 Å². The average molecular weight is 452 g/mol. The van der Waals surface area contributed by atoms with E-state index in [1.807, 2.05) is 34.9 Å². The Hall–Kier alpha value is -2.71. The molecule has 160 valence electrons. The molecule has 1 aliphatic rings. The number of aromatic nitrogens is 3. The number of thiophene rings is 1. The summed E-state index contributed by atoms with van der Waals surface area (Å²) in [5.41, 5.74) is 5.23. The van der Waals surface area contributed by atoms with E-state index in [1.54, 1.807) is 11.3 Å². The van der Waals surface area contributed by atoms with Crippen LogP contribution in [0.2, 0.25) is 0 Å². The number of anilines is 1. The number of nitrogens with zero attached hydrogens (tertiary/aromatic N) is 5. The number of hydrogen-bond donors (Lipinski definition) is 0. The Morgan fingerprint density at radius 2 is 1.81 bits per heavy atom. The molecule has 5 rings (SSSR count). The number of fused-ring (bicyclic) bond motifs is 1. The monoisotopic (exact) mass is 451 g/mol. The molecule has 4 heterocycles. The molecule has 0 unspecified atom stereocenters. The van der Waals surface area contributed by atoms with Crippen molar-refractivity contribution in [2.45, 2.75) is 27.2 Å². The van der Waals surface area contributed by atoms with E-state index in [9.17, 15) is 4.79 Å². The third-order valence-corrected chi connectivity index (χ3v) is 7.98. The zero-order valence-electron chi connectivity index (χ0n) is 18.0. The Morgan fingerprint density at radius 3 is 2.55 bits per heavy atom. The lowest BCUT2D eigenvalue weighted by atomic mass is 10.2. The van der Waals surface area contributed by atoms with Crippen molar-refractivity contribution in [3.8, 4) is 5.69 Å². The van der Waals surface area contributed by atoms with Crippen LogP contribution in [-0.2, 0) is 0 Å². The van der Waals surface area contributed by atoms with Gasteiger partial charge in [0.2, 0.25) is 0 Å². The lowest BCUT2D eigenvalue weighted by molar-refractivity contribution is 0.0771. The predicted octanol–water partition coefficient (Wildman–Crippen LogP) is 4.82. The van der Waals surface area contributed by atoms with E-state index in [0.29, 0.717) is 0 Å². The highest BCUT2D eigenvalue weighted by Gasteiger charge is 2.25. The van der Waals surface area contributed by atoms with Crippen LogP contribution < -0.4 is 4.90 Å². The van der Waals surface area contributed by atoms with Crippen LogP contribution >= 0.6 is 22.7 Å². The topological polar surface area (TPSA) is 54.3 Å². The van der Waals surface area contributed by atoms with Gasteiger partial charge in [-0.25, -0.2) is 4.68 Å². The standard InChI is InChI=1S/C23H25N5OS2/c1-15-5-7-18(8-6-15)28-21-20(17(3)25-28)31-23(24-21)27-11-4-10-26(12-13-27)22(29)19-16(2)9-14-30-19/h5-9,14H,4,10-13H2,1-3H3. The molecule has 0 bridgehead atoms. The van der Waals surface area contributed by atoms with Crippen LogP contribution in [0.1, 0.15) is 32.9 Å². The van der Waals surface area contributed by atoms with Gasteiger partial charge < -0.3 is 9.80 Å². The molecule has 1 amide bonds. The number of aryl methyl sites for hydroxylation is 3. The molecule has 8 heteroatoms. The first-order valence-electron chi connectivity index (χ1n) is 10.5. The molecule has 0 aliphatic carbocycles. The number of carbonyl (C=O) groups excluding carboxylic acids is 1. The highest BCUT2D eigenvalue weighted by Crippen LogP contribution is 2.33. The second-order valence-corrected chi connectivity index (χ2v) is 9.94. The van der Waals surface area contributed by atoms with E-state index in [4.69, 9.17) is 10.1 Å². The van der Waals surface area contributed by atoms with Gasteiger partial charge in [0.05, 0.1) is 21.0 Å². The number of hydrogen-bond acceptors (Lipinski definition) is 6. The second kappa shape index (κ2) is 8.09. The summed E-state index contributed by atoms with van der Waals surface area (Å²) < 4.78 is 3.07. The molecule has 0 atom stereocenters. The normalized spacial score (nSPS) is 14.9. The van der Waals surface area contributed by atoms with Crippen LogP contribution in [0.5, 0.6) is 0 Å². The van der Waals surface area contributed by atoms with E-state index >= 15 is 0 Å². The number of carbonyl (C=O) groups is 1. The number of thiazole rings is 1. The molecule has 0 spiro atoms. The molecule has 0 N–H and O–H groups in total. The van der Waals surface area contributed by atoms with Crippen LogP contribution in [-0.4, -0.2) is 51.8 Å². The van der Waals surface area contributed by atoms with Gasteiger partial charge in [-0.2, -0.15) is 10.1 Å². The summed E-state index contributed by atoms with van der Waals surface area (Å²) in [4.78, 5) is 23.1. The summed E-state index contributed by atoms with van der Waals surface area (Å²) in [5, 5.41) is 7.73. The smallest absolute Gasteiger partial charge is 0.264 e. The summed E-state index contributed by atoms with van der Waals surface area (Å²) in [7, 11) is 0. The zero-order valence-corrected chi connectivity index (χ0v) is 19.6. The van der Waals surface area contributed by atoms with Crippen molar-refractivity contribution >= 4 is 44.1 Å². The van der Waals surface area contributed by atoms with Crippen LogP contribution in [0.25, 0.3) is 16.0 Å². The molecular formula is C23H25N5OS2. The third-order valence-electron chi connectivity index (χ3n) is 5.77. The molecule has 3 aromatic heterocycles. The first-order valence-corrected chi connectivity index (χ1v) is 12.2. The molecule has 4 aromatic rings. The average Bonchev–Trinajstić information content (AvgIpc) is 3.40. The molecule has 1 fully saturated rings. The first kappa shape index (κ1) is 20.2. The molecule has 0 saturated carbocycles. The van der Waals surface area contributed by atoms with Gasteiger partial charge in [0, 0.05) is 26.2 Å². The summed E-state index contributed by atoms with van der Waals surface area (Å²) in [6.07, 6.45) is 0.940. The Morgan fingerprint density at radius 1 is 1.00 bits per heavy atom. The van der Waals surface area contributed by atoms with Crippen molar-refractivity contribution in [2.75, 3.05) is 31.1 Å². The number of amides is 1. The van der Waals surface area contributed by atoms with Gasteiger partial charge in [-0.1, -0.05) is 29.0 Å². The fourth-order valence-corrected chi connectivity index (χ4v) is 5.90. The van der Waals surface area contributed by atoms with E-state index in [2.05, 4.69) is 36.1 Å². The molecule has 31 heavy (non-hydrogen) atoms. The Balaban J connectivity index is 1.39. The molecule has 1 aliphatic heterocycles. The van der Waals surface area contributed by atoms with Gasteiger partial charge in [0.15, 0.2) is 10.8 Å². The van der Waals surface area contributed by atoms with Crippen molar-refractivity contribution in [1.29, 1.82) is 0 Å². The van der Waals surface area contributed by atoms with Gasteiger partial charge >= 0.3 is 0 Å². The fourth-order valence-electron chi connectivity index (χ4n) is 3.97. The van der Waals surface area contributed by atoms with Gasteiger partial charge in [0.25, 0.3) is 5.91 Å². The third kappa shape index (κ3) is 3.74. The van der Waals surface area contributed by atoms with Crippen molar-refractivity contribution in [1.82, 2.24) is 19.7 Å². The number of benzene rings is 1. The molecule has 1 saturated heterocycles. The predicted molar refractivity (Wildman–Crippen MR) is 128 cm³/mol. The highest BCUT2D eigenvalue weighted by molar-refractivity contribution is 7.22. The molecule has 0 radical (unpaired) electrons. The van der Waals surface area contributed by atoms with E-state index in [0.717, 1.165) is 69.9 Å². The summed E-state index contributed by atoms with van der Waals surface area (Å²) in [6.45, 7) is 9.34. The maximum Gasteiger partial charge on any atom is 0.264 e. The lowest BCUT2D eigenvalue weighted by Crippen LogP contribution is -2.35. The zero-order chi connectivity index (χ0) is 21.5. The minimum absolute atomic E-state index is 0.157. The minimum atomic E-state index is 0.157. The maximum absolute atomic E-state index is 12.9. The first-order chi connectivity index (χ1) is 15.0. The molecular weight excluding hydrogens is 426 g/mol. The van der Waals surface area contributed by atoms with Crippen molar-refractivity contribution in [3.63, 3.8) is 0 Å². The number of rotatable bonds is 3. The van der Waals surface area contributed by atoms with E-state index in [-0.39, 0.29) is 5.91 Å². The van der Waals surface area contributed by atoms with Crippen molar-refractivity contribution in [2.24, 2.45) is 0 Å². The lowest BCUT2D eigenvalue weighted by Gasteiger charge is -2.21. The second-order valence-electron chi connectivity index (χ2n) is 8.05. The Bertz CT molecular complexity index is 1240. The minimum Gasteiger partial charge on any atom is -0.346 e. The largest absolute Gasteiger partial charge is 0.346 e. The van der Waals surface area contributed by atoms with Crippen molar-refractivity contribution in [3.05, 3.63) is 57.4 Å². The van der Waals surface area contributed by atoms with Crippen molar-refractivity contribution < 1.29 is 4.79 Å². The van der Waals surface area contributed by atoms with Gasteiger partial charge in [-0.3, -0.25) is 4.79 Å². The Kier molecular flexibility index (Phi) is 5.27. The van der Waals surface area contributed by atoms with E-state index in [1.165, 1.54) is 16.9 Å². The molecule has 1 aromatic carbocycles.